The number of anilines is 1. The van der Waals surface area contributed by atoms with Gasteiger partial charge in [-0.25, -0.2) is 65.9 Å². The van der Waals surface area contributed by atoms with Gasteiger partial charge in [-0.3, -0.25) is 14.4 Å². The molecule has 1 fully saturated rings. The number of piperidine rings is 1. The van der Waals surface area contributed by atoms with Gasteiger partial charge in [-0.15, -0.1) is 0 Å². The second-order valence-electron chi connectivity index (χ2n) is 27.0. The van der Waals surface area contributed by atoms with E-state index in [4.69, 9.17) is 28.8 Å². The van der Waals surface area contributed by atoms with E-state index >= 15 is 0 Å². The summed E-state index contributed by atoms with van der Waals surface area (Å²) in [6.45, 7) is 16.3. The van der Waals surface area contributed by atoms with Gasteiger partial charge in [0.1, 0.15) is 40.5 Å². The van der Waals surface area contributed by atoms with Gasteiger partial charge < -0.3 is 33.8 Å². The van der Waals surface area contributed by atoms with Crippen molar-refractivity contribution in [3.63, 3.8) is 0 Å². The molecular formula is C87H92F4N12O10S3. The number of benzene rings is 7. The molecule has 11 aromatic rings. The molecule has 0 saturated carbocycles. The molecule has 1 aliphatic rings. The largest absolute Gasteiger partial charge is 0.497 e. The Morgan fingerprint density at radius 1 is 0.457 bits per heavy atom. The minimum atomic E-state index is -3.76. The van der Waals surface area contributed by atoms with Crippen molar-refractivity contribution in [2.45, 2.75) is 127 Å². The summed E-state index contributed by atoms with van der Waals surface area (Å²) in [5.41, 5.74) is 6.67. The molecule has 1 saturated heterocycles. The Morgan fingerprint density at radius 3 is 1.13 bits per heavy atom. The molecule has 0 bridgehead atoms. The summed E-state index contributed by atoms with van der Waals surface area (Å²) in [5, 5.41) is 0.672. The Labute approximate surface area is 682 Å². The number of thioether (sulfide) groups is 2. The molecule has 116 heavy (non-hydrogen) atoms. The number of rotatable bonds is 24. The molecule has 0 unspecified atom stereocenters. The third kappa shape index (κ3) is 24.2. The lowest BCUT2D eigenvalue weighted by atomic mass is 10.0. The topological polar surface area (TPSA) is 263 Å². The number of hydrogen-bond acceptors (Lipinski definition) is 21. The van der Waals surface area contributed by atoms with Crippen molar-refractivity contribution in [1.29, 1.82) is 0 Å². The Bertz CT molecular complexity index is 5330. The van der Waals surface area contributed by atoms with Crippen LogP contribution in [0.2, 0.25) is 0 Å². The molecule has 12 rings (SSSR count). The number of hydrogen-bond donors (Lipinski definition) is 0. The molecule has 4 aromatic heterocycles. The maximum Gasteiger partial charge on any atom is 0.373 e. The monoisotopic (exact) mass is 1640 g/mol. The molecule has 0 radical (unpaired) electrons. The first-order valence-corrected chi connectivity index (χ1v) is 41.4. The third-order valence-electron chi connectivity index (χ3n) is 18.2. The first-order chi connectivity index (χ1) is 55.7. The van der Waals surface area contributed by atoms with E-state index in [1.54, 1.807) is 109 Å². The molecule has 0 aliphatic carbocycles. The number of ether oxygens (including phenoxy) is 3. The van der Waals surface area contributed by atoms with Crippen LogP contribution in [-0.4, -0.2) is 158 Å². The first kappa shape index (κ1) is 89.8. The molecule has 22 nitrogen and oxygen atoms in total. The van der Waals surface area contributed by atoms with Crippen LogP contribution in [0.3, 0.4) is 0 Å². The van der Waals surface area contributed by atoms with Gasteiger partial charge in [0.25, 0.3) is 17.7 Å². The van der Waals surface area contributed by atoms with Crippen molar-refractivity contribution in [1.82, 2.24) is 54.6 Å². The van der Waals surface area contributed by atoms with Gasteiger partial charge in [-0.2, -0.15) is 9.59 Å². The molecule has 1 aliphatic heterocycles. The highest BCUT2D eigenvalue weighted by Gasteiger charge is 2.31. The minimum absolute atomic E-state index is 0.0131. The van der Waals surface area contributed by atoms with E-state index in [0.29, 0.717) is 68.9 Å². The number of aromatic nitrogens is 8. The maximum absolute atomic E-state index is 14.9. The molecule has 606 valence electrons. The quantitative estimate of drug-likeness (QED) is 0.0309. The Kier molecular flexibility index (Phi) is 33.8. The second kappa shape index (κ2) is 43.6. The van der Waals surface area contributed by atoms with Crippen LogP contribution in [0.1, 0.15) is 121 Å². The van der Waals surface area contributed by atoms with Crippen molar-refractivity contribution >= 4 is 63.2 Å². The fourth-order valence-electron chi connectivity index (χ4n) is 12.1. The Balaban J connectivity index is 0.000000195. The standard InChI is InChI=1S/C27H31FN4O2.C23H24FN3O4S.C23H24FN3O2S.C13H13FN2S.CO2/c1-19(2)32(18-20-10-9-11-21(16-20)34-3)26(33)23-17-29-27(31-14-7-4-8-15-31)30-25(23)22-12-5-6-13-24(22)28;1-15(2)27(14-16-8-7-9-17(12-16)31-3)22(28)19-13-25-23(32(4,29)30)26-21(19)18-10-5-6-11-20(18)24;1-15(2)27(14-16-8-7-9-17(12-16)29-3)22(28)19-13-25-23(30-4)26-21(19)18-10-5-6-11-20(18)24;1-3-9-8-15-13(17-2)16-12(9)10-6-4-5-7-11(10)14;2-1-3/h5-6,9-13,16-17,19H,4,7-8,14-15,18H2,1-3H3;5-13,15H,14H2,1-4H3;5-13,15H,14H2,1-4H3;4-8H,3H2,1-2H3;. The summed E-state index contributed by atoms with van der Waals surface area (Å²) in [6, 6.07) is 47.4. The summed E-state index contributed by atoms with van der Waals surface area (Å²) >= 11 is 2.80. The van der Waals surface area contributed by atoms with Crippen LogP contribution < -0.4 is 19.1 Å². The van der Waals surface area contributed by atoms with Gasteiger partial charge in [0.15, 0.2) is 10.3 Å². The normalized spacial score (nSPS) is 11.6. The molecule has 0 N–H and O–H groups in total. The molecule has 5 heterocycles. The van der Waals surface area contributed by atoms with Crippen molar-refractivity contribution in [2.24, 2.45) is 0 Å². The van der Waals surface area contributed by atoms with E-state index in [0.717, 1.165) is 78.6 Å². The summed E-state index contributed by atoms with van der Waals surface area (Å²) in [6.07, 6.45) is 15.0. The van der Waals surface area contributed by atoms with Crippen LogP contribution >= 0.6 is 23.5 Å². The fourth-order valence-corrected chi connectivity index (χ4v) is 13.3. The highest BCUT2D eigenvalue weighted by atomic mass is 32.2. The zero-order valence-electron chi connectivity index (χ0n) is 66.8. The molecule has 3 amide bonds. The van der Waals surface area contributed by atoms with Gasteiger partial charge >= 0.3 is 6.15 Å². The number of carbonyl (C=O) groups excluding carboxylic acids is 5. The van der Waals surface area contributed by atoms with E-state index in [1.165, 1.54) is 72.5 Å². The van der Waals surface area contributed by atoms with Gasteiger partial charge in [0.2, 0.25) is 20.9 Å². The Morgan fingerprint density at radius 2 is 0.784 bits per heavy atom. The lowest BCUT2D eigenvalue weighted by Gasteiger charge is -2.29. The summed E-state index contributed by atoms with van der Waals surface area (Å²) in [7, 11) is 1.02. The maximum atomic E-state index is 14.9. The summed E-state index contributed by atoms with van der Waals surface area (Å²) in [5.74, 6) is 0.0193. The molecule has 0 atom stereocenters. The van der Waals surface area contributed by atoms with Crippen LogP contribution in [-0.2, 0) is 45.5 Å². The van der Waals surface area contributed by atoms with E-state index in [-0.39, 0.29) is 76.4 Å². The first-order valence-electron chi connectivity index (χ1n) is 37.0. The predicted molar refractivity (Wildman–Crippen MR) is 441 cm³/mol. The number of aryl methyl sites for hydroxylation is 1. The number of nitrogens with zero attached hydrogens (tertiary/aromatic N) is 12. The minimum Gasteiger partial charge on any atom is -0.497 e. The summed E-state index contributed by atoms with van der Waals surface area (Å²) in [4.78, 5) is 98.9. The number of amides is 3. The predicted octanol–water partition coefficient (Wildman–Crippen LogP) is 17.1. The van der Waals surface area contributed by atoms with Crippen LogP contribution in [0, 0.1) is 23.3 Å². The van der Waals surface area contributed by atoms with E-state index in [2.05, 4.69) is 39.8 Å². The van der Waals surface area contributed by atoms with E-state index in [9.17, 15) is 40.4 Å². The van der Waals surface area contributed by atoms with Crippen LogP contribution in [0.5, 0.6) is 17.2 Å². The number of methoxy groups -OCH3 is 3. The van der Waals surface area contributed by atoms with Gasteiger partial charge in [0, 0.05) is 104 Å². The molecule has 0 spiro atoms. The van der Waals surface area contributed by atoms with Crippen molar-refractivity contribution in [3.8, 4) is 62.3 Å². The Hall–Kier alpha value is -11.8. The van der Waals surface area contributed by atoms with Crippen LogP contribution in [0.25, 0.3) is 45.0 Å². The van der Waals surface area contributed by atoms with Gasteiger partial charge in [-0.05, 0) is 187 Å². The SMILES string of the molecule is CCc1cnc(SC)nc1-c1ccccc1F.COc1cccc(CN(C(=O)c2cnc(N3CCCCC3)nc2-c2ccccc2F)C(C)C)c1.COc1cccc(CN(C(=O)c2cnc(S(C)(=O)=O)nc2-c2ccccc2F)C(C)C)c1.COc1cccc(CN(C(=O)c2cnc(SC)nc2-c2ccccc2F)C(C)C)c1.O=C=O. The highest BCUT2D eigenvalue weighted by molar-refractivity contribution is 7.98. The average Bonchev–Trinajstić information content (AvgIpc) is 0.792. The number of sulfone groups is 1. The fraction of sp³-hybridized carbons (Fsp3) is 0.287. The lowest BCUT2D eigenvalue weighted by Crippen LogP contribution is -2.37. The number of carbonyl (C=O) groups is 3. The lowest BCUT2D eigenvalue weighted by molar-refractivity contribution is -0.191. The second-order valence-corrected chi connectivity index (χ2v) is 30.5. The van der Waals surface area contributed by atoms with Gasteiger partial charge in [-0.1, -0.05) is 115 Å². The van der Waals surface area contributed by atoms with E-state index in [1.807, 2.05) is 134 Å². The zero-order chi connectivity index (χ0) is 84.2. The molecule has 7 aromatic carbocycles. The van der Waals surface area contributed by atoms with Crippen molar-refractivity contribution in [3.05, 3.63) is 257 Å². The highest BCUT2D eigenvalue weighted by Crippen LogP contribution is 2.34. The smallest absolute Gasteiger partial charge is 0.373 e. The molecular weight excluding hydrogens is 1550 g/mol. The summed E-state index contributed by atoms with van der Waals surface area (Å²) < 4.78 is 97.6. The van der Waals surface area contributed by atoms with Crippen molar-refractivity contribution in [2.75, 3.05) is 58.1 Å². The van der Waals surface area contributed by atoms with Gasteiger partial charge in [0.05, 0.1) is 60.8 Å². The molecule has 29 heteroatoms. The van der Waals surface area contributed by atoms with Crippen molar-refractivity contribution < 1.29 is 64.2 Å². The third-order valence-corrected chi connectivity index (χ3v) is 20.2. The van der Waals surface area contributed by atoms with E-state index < -0.39 is 38.4 Å². The van der Waals surface area contributed by atoms with Crippen LogP contribution in [0.4, 0.5) is 23.5 Å². The average molecular weight is 1640 g/mol. The number of halogens is 4. The zero-order valence-corrected chi connectivity index (χ0v) is 69.2. The van der Waals surface area contributed by atoms with Crippen LogP contribution in [0.15, 0.2) is 210 Å².